The van der Waals surface area contributed by atoms with Crippen LogP contribution in [0.2, 0.25) is 5.02 Å². The summed E-state index contributed by atoms with van der Waals surface area (Å²) >= 11 is 7.50. The molecule has 9 heteroatoms. The highest BCUT2D eigenvalue weighted by atomic mass is 35.5. The van der Waals surface area contributed by atoms with Crippen molar-refractivity contribution in [1.82, 2.24) is 9.29 Å². The van der Waals surface area contributed by atoms with Gasteiger partial charge in [0.25, 0.3) is 5.91 Å². The van der Waals surface area contributed by atoms with E-state index in [1.165, 1.54) is 27.8 Å². The van der Waals surface area contributed by atoms with Crippen LogP contribution in [0.5, 0.6) is 0 Å². The summed E-state index contributed by atoms with van der Waals surface area (Å²) in [6, 6.07) is 4.52. The summed E-state index contributed by atoms with van der Waals surface area (Å²) in [5.74, 6) is -0.0632. The van der Waals surface area contributed by atoms with Gasteiger partial charge >= 0.3 is 0 Å². The molecule has 0 aliphatic carbocycles. The summed E-state index contributed by atoms with van der Waals surface area (Å²) in [6.07, 6.45) is 1.69. The molecule has 0 bridgehead atoms. The van der Waals surface area contributed by atoms with E-state index in [1.807, 2.05) is 13.8 Å². The van der Waals surface area contributed by atoms with Gasteiger partial charge in [-0.1, -0.05) is 25.4 Å². The molecule has 27 heavy (non-hydrogen) atoms. The lowest BCUT2D eigenvalue weighted by molar-refractivity contribution is 0.102. The predicted molar refractivity (Wildman–Crippen MR) is 108 cm³/mol. The zero-order valence-electron chi connectivity index (χ0n) is 15.5. The number of hydrogen-bond donors (Lipinski definition) is 1. The number of halogens is 1. The van der Waals surface area contributed by atoms with Crippen LogP contribution in [0.25, 0.3) is 0 Å². The molecule has 1 N–H and O–H groups in total. The van der Waals surface area contributed by atoms with Crippen molar-refractivity contribution in [3.05, 3.63) is 38.8 Å². The first-order valence-electron chi connectivity index (χ1n) is 8.78. The Morgan fingerprint density at radius 1 is 1.30 bits per heavy atom. The lowest BCUT2D eigenvalue weighted by Crippen LogP contribution is -2.28. The zero-order valence-corrected chi connectivity index (χ0v) is 17.8. The number of anilines is 1. The van der Waals surface area contributed by atoms with Gasteiger partial charge in [0.05, 0.1) is 15.7 Å². The molecular weight excluding hydrogens is 406 g/mol. The summed E-state index contributed by atoms with van der Waals surface area (Å²) in [7, 11) is -3.67. The largest absolute Gasteiger partial charge is 0.321 e. The fourth-order valence-electron chi connectivity index (χ4n) is 2.91. The number of rotatable bonds is 5. The molecule has 0 saturated carbocycles. The Labute approximate surface area is 168 Å². The highest BCUT2D eigenvalue weighted by molar-refractivity contribution is 7.89. The van der Waals surface area contributed by atoms with Gasteiger partial charge in [0, 0.05) is 24.7 Å². The lowest BCUT2D eigenvalue weighted by Gasteiger charge is -2.17. The minimum Gasteiger partial charge on any atom is -0.321 e. The third-order valence-corrected chi connectivity index (χ3v) is 8.22. The van der Waals surface area contributed by atoms with E-state index >= 15 is 0 Å². The summed E-state index contributed by atoms with van der Waals surface area (Å²) in [4.78, 5) is 17.6. The molecule has 1 saturated heterocycles. The van der Waals surface area contributed by atoms with Crippen LogP contribution in [0.1, 0.15) is 53.0 Å². The van der Waals surface area contributed by atoms with Crippen LogP contribution < -0.4 is 5.32 Å². The molecule has 2 heterocycles. The fraction of sp³-hybridized carbons (Fsp3) is 0.444. The summed E-state index contributed by atoms with van der Waals surface area (Å²) in [5.41, 5.74) is 1.06. The Hall–Kier alpha value is -1.48. The lowest BCUT2D eigenvalue weighted by atomic mass is 10.2. The Morgan fingerprint density at radius 3 is 2.56 bits per heavy atom. The Bertz CT molecular complexity index is 964. The maximum Gasteiger partial charge on any atom is 0.267 e. The molecule has 1 aliphatic heterocycles. The molecule has 1 aromatic carbocycles. The monoisotopic (exact) mass is 427 g/mol. The topological polar surface area (TPSA) is 79.4 Å². The molecule has 0 radical (unpaired) electrons. The third-order valence-electron chi connectivity index (χ3n) is 4.39. The van der Waals surface area contributed by atoms with Crippen molar-refractivity contribution < 1.29 is 13.2 Å². The number of nitrogens with one attached hydrogen (secondary N) is 1. The number of aromatic nitrogens is 1. The SMILES string of the molecule is Cc1nc(C(C)C)sc1C(=O)Nc1ccc(Cl)c(S(=O)(=O)N2CCCC2)c1. The molecule has 0 spiro atoms. The molecule has 6 nitrogen and oxygen atoms in total. The first-order valence-corrected chi connectivity index (χ1v) is 11.4. The minimum atomic E-state index is -3.67. The van der Waals surface area contributed by atoms with Gasteiger partial charge in [-0.3, -0.25) is 4.79 Å². The van der Waals surface area contributed by atoms with Crippen LogP contribution in [-0.4, -0.2) is 36.7 Å². The molecule has 146 valence electrons. The standard InChI is InChI=1S/C18H22ClN3O3S2/c1-11(2)18-20-12(3)16(26-18)17(23)21-13-6-7-14(19)15(10-13)27(24,25)22-8-4-5-9-22/h6-7,10-11H,4-5,8-9H2,1-3H3,(H,21,23). The number of hydrogen-bond acceptors (Lipinski definition) is 5. The Balaban J connectivity index is 1.87. The molecular formula is C18H22ClN3O3S2. The van der Waals surface area contributed by atoms with Gasteiger partial charge in [-0.25, -0.2) is 13.4 Å². The number of nitrogens with zero attached hydrogens (tertiary/aromatic N) is 2. The van der Waals surface area contributed by atoms with E-state index in [-0.39, 0.29) is 21.7 Å². The molecule has 2 aromatic rings. The van der Waals surface area contributed by atoms with Gasteiger partial charge in [0.2, 0.25) is 10.0 Å². The molecule has 1 aromatic heterocycles. The highest BCUT2D eigenvalue weighted by Gasteiger charge is 2.29. The van der Waals surface area contributed by atoms with E-state index in [4.69, 9.17) is 11.6 Å². The van der Waals surface area contributed by atoms with Crippen LogP contribution in [0.4, 0.5) is 5.69 Å². The quantitative estimate of drug-likeness (QED) is 0.772. The number of thiazole rings is 1. The Morgan fingerprint density at radius 2 is 1.96 bits per heavy atom. The van der Waals surface area contributed by atoms with Crippen molar-refractivity contribution in [3.63, 3.8) is 0 Å². The van der Waals surface area contributed by atoms with Gasteiger partial charge in [0.15, 0.2) is 0 Å². The van der Waals surface area contributed by atoms with Gasteiger partial charge in [-0.05, 0) is 38.0 Å². The number of amides is 1. The minimum absolute atomic E-state index is 0.0211. The van der Waals surface area contributed by atoms with Crippen molar-refractivity contribution in [2.75, 3.05) is 18.4 Å². The Kier molecular flexibility index (Phi) is 5.90. The van der Waals surface area contributed by atoms with Crippen LogP contribution in [0.3, 0.4) is 0 Å². The molecule has 1 aliphatic rings. The van der Waals surface area contributed by atoms with Crippen LogP contribution in [0, 0.1) is 6.92 Å². The van der Waals surface area contributed by atoms with Crippen molar-refractivity contribution in [2.45, 2.75) is 44.4 Å². The van der Waals surface area contributed by atoms with E-state index in [1.54, 1.807) is 13.0 Å². The van der Waals surface area contributed by atoms with Crippen LogP contribution in [-0.2, 0) is 10.0 Å². The van der Waals surface area contributed by atoms with E-state index < -0.39 is 10.0 Å². The second-order valence-corrected chi connectivity index (χ2v) is 10.2. The average Bonchev–Trinajstić information content (AvgIpc) is 3.26. The second kappa shape index (κ2) is 7.87. The number of sulfonamides is 1. The second-order valence-electron chi connectivity index (χ2n) is 6.83. The fourth-order valence-corrected chi connectivity index (χ4v) is 5.89. The van der Waals surface area contributed by atoms with Gasteiger partial charge < -0.3 is 5.32 Å². The van der Waals surface area contributed by atoms with Crippen LogP contribution in [0.15, 0.2) is 23.1 Å². The summed E-state index contributed by atoms with van der Waals surface area (Å²) in [5, 5.41) is 3.82. The van der Waals surface area contributed by atoms with E-state index in [9.17, 15) is 13.2 Å². The number of carbonyl (C=O) groups excluding carboxylic acids is 1. The molecule has 0 atom stereocenters. The van der Waals surface area contributed by atoms with Crippen molar-refractivity contribution in [2.24, 2.45) is 0 Å². The van der Waals surface area contributed by atoms with Crippen molar-refractivity contribution >= 4 is 44.6 Å². The number of carbonyl (C=O) groups is 1. The first-order chi connectivity index (χ1) is 12.7. The average molecular weight is 428 g/mol. The third kappa shape index (κ3) is 4.18. The maximum atomic E-state index is 12.8. The molecule has 0 unspecified atom stereocenters. The van der Waals surface area contributed by atoms with E-state index in [0.29, 0.717) is 29.3 Å². The number of aryl methyl sites for hydroxylation is 1. The zero-order chi connectivity index (χ0) is 19.8. The summed E-state index contributed by atoms with van der Waals surface area (Å²) < 4.78 is 27.1. The van der Waals surface area contributed by atoms with Crippen LogP contribution >= 0.6 is 22.9 Å². The molecule has 3 rings (SSSR count). The normalized spacial score (nSPS) is 15.4. The van der Waals surface area contributed by atoms with Crippen molar-refractivity contribution in [1.29, 1.82) is 0 Å². The van der Waals surface area contributed by atoms with Gasteiger partial charge in [-0.15, -0.1) is 11.3 Å². The van der Waals surface area contributed by atoms with Gasteiger partial charge in [0.1, 0.15) is 9.77 Å². The van der Waals surface area contributed by atoms with Crippen molar-refractivity contribution in [3.8, 4) is 0 Å². The molecule has 1 amide bonds. The first kappa shape index (κ1) is 20.3. The van der Waals surface area contributed by atoms with E-state index in [2.05, 4.69) is 10.3 Å². The summed E-state index contributed by atoms with van der Waals surface area (Å²) in [6.45, 7) is 6.83. The van der Waals surface area contributed by atoms with Gasteiger partial charge in [-0.2, -0.15) is 4.31 Å². The predicted octanol–water partition coefficient (Wildman–Crippen LogP) is 4.27. The maximum absolute atomic E-state index is 12.8. The highest BCUT2D eigenvalue weighted by Crippen LogP contribution is 2.30. The van der Waals surface area contributed by atoms with E-state index in [0.717, 1.165) is 17.8 Å². The smallest absolute Gasteiger partial charge is 0.267 e. The number of benzene rings is 1. The molecule has 1 fully saturated rings.